The van der Waals surface area contributed by atoms with Gasteiger partial charge in [-0.1, -0.05) is 29.8 Å². The van der Waals surface area contributed by atoms with Crippen LogP contribution in [0.2, 0.25) is 5.02 Å². The Balaban J connectivity index is 1.89. The number of alkyl halides is 2. The number of nitrogens with one attached hydrogen (secondary N) is 3. The van der Waals surface area contributed by atoms with Gasteiger partial charge in [0.1, 0.15) is 5.82 Å². The van der Waals surface area contributed by atoms with Crippen molar-refractivity contribution in [3.63, 3.8) is 0 Å². The Morgan fingerprint density at radius 3 is 2.59 bits per heavy atom. The van der Waals surface area contributed by atoms with Crippen molar-refractivity contribution in [1.29, 1.82) is 0 Å². The maximum absolute atomic E-state index is 13.4. The second-order valence-corrected chi connectivity index (χ2v) is 7.55. The van der Waals surface area contributed by atoms with E-state index < -0.39 is 30.9 Å². The van der Waals surface area contributed by atoms with Crippen LogP contribution in [0.3, 0.4) is 0 Å². The number of anilines is 1. The van der Waals surface area contributed by atoms with Gasteiger partial charge in [0.2, 0.25) is 0 Å². The average molecular weight is 467 g/mol. The lowest BCUT2D eigenvalue weighted by atomic mass is 10.0. The molecule has 0 saturated carbocycles. The molecule has 0 unspecified atom stereocenters. The monoisotopic (exact) mass is 466 g/mol. The van der Waals surface area contributed by atoms with Gasteiger partial charge in [0.15, 0.2) is 0 Å². The van der Waals surface area contributed by atoms with Gasteiger partial charge in [-0.3, -0.25) is 4.79 Å². The molecule has 0 aliphatic heterocycles. The molecule has 0 spiro atoms. The van der Waals surface area contributed by atoms with E-state index in [1.165, 1.54) is 23.2 Å². The van der Waals surface area contributed by atoms with Gasteiger partial charge in [-0.2, -0.15) is 0 Å². The molecular weight excluding hydrogens is 445 g/mol. The van der Waals surface area contributed by atoms with Crippen LogP contribution in [0.1, 0.15) is 18.5 Å². The van der Waals surface area contributed by atoms with Crippen molar-refractivity contribution < 1.29 is 18.0 Å². The normalized spacial score (nSPS) is 12.2. The molecule has 0 aliphatic carbocycles. The van der Waals surface area contributed by atoms with E-state index in [9.17, 15) is 22.8 Å². The van der Waals surface area contributed by atoms with Crippen LogP contribution in [0.5, 0.6) is 0 Å². The molecule has 32 heavy (non-hydrogen) atoms. The summed E-state index contributed by atoms with van der Waals surface area (Å²) in [5.41, 5.74) is 0.707. The summed E-state index contributed by atoms with van der Waals surface area (Å²) in [4.78, 5) is 29.4. The number of hydrogen-bond acceptors (Lipinski definition) is 3. The van der Waals surface area contributed by atoms with Gasteiger partial charge in [-0.15, -0.1) is 0 Å². The highest BCUT2D eigenvalue weighted by molar-refractivity contribution is 6.31. The first kappa shape index (κ1) is 23.6. The Hall–Kier alpha value is -3.04. The predicted octanol–water partition coefficient (Wildman–Crippen LogP) is 4.77. The summed E-state index contributed by atoms with van der Waals surface area (Å²) < 4.78 is 38.4. The van der Waals surface area contributed by atoms with Crippen LogP contribution in [-0.4, -0.2) is 42.0 Å². The van der Waals surface area contributed by atoms with Crippen LogP contribution in [0.25, 0.3) is 10.8 Å². The highest BCUT2D eigenvalue weighted by atomic mass is 35.5. The van der Waals surface area contributed by atoms with Gasteiger partial charge in [0.05, 0.1) is 17.6 Å². The first-order chi connectivity index (χ1) is 15.3. The topological polar surface area (TPSA) is 77.2 Å². The zero-order valence-corrected chi connectivity index (χ0v) is 17.9. The Bertz CT molecular complexity index is 1160. The molecule has 0 bridgehead atoms. The fraction of sp³-hybridized carbons (Fsp3) is 0.273. The molecule has 1 aromatic heterocycles. The van der Waals surface area contributed by atoms with Crippen LogP contribution in [0, 0.1) is 5.82 Å². The van der Waals surface area contributed by atoms with E-state index in [0.29, 0.717) is 16.3 Å². The number of benzene rings is 2. The lowest BCUT2D eigenvalue weighted by Gasteiger charge is -2.30. The number of hydrogen-bond donors (Lipinski definition) is 3. The lowest BCUT2D eigenvalue weighted by molar-refractivity contribution is 0.143. The molecule has 3 aromatic rings. The lowest BCUT2D eigenvalue weighted by Crippen LogP contribution is -2.42. The van der Waals surface area contributed by atoms with Gasteiger partial charge < -0.3 is 20.5 Å². The van der Waals surface area contributed by atoms with Gasteiger partial charge >= 0.3 is 6.03 Å². The molecule has 2 amide bonds. The smallest absolute Gasteiger partial charge is 0.322 e. The minimum absolute atomic E-state index is 0.0993. The standard InChI is InChI=1S/C22H22ClF3N4O2/c1-13(17-11-28-21(31)16-5-3-2-4-15(16)17)30(9-8-27-12-20(25)26)22(32)29-14-6-7-19(24)18(23)10-14/h2-7,10-11,13,20,27H,8-9,12H2,1H3,(H,28,31)(H,29,32)/t13-/m0/s1. The molecule has 0 aliphatic rings. The number of amides is 2. The zero-order chi connectivity index (χ0) is 23.3. The molecule has 3 N–H and O–H groups in total. The highest BCUT2D eigenvalue weighted by Gasteiger charge is 2.24. The van der Waals surface area contributed by atoms with E-state index in [1.54, 1.807) is 31.2 Å². The second kappa shape index (κ2) is 10.5. The van der Waals surface area contributed by atoms with E-state index in [4.69, 9.17) is 11.6 Å². The number of halogens is 4. The van der Waals surface area contributed by atoms with Crippen molar-refractivity contribution >= 4 is 34.1 Å². The third-order valence-electron chi connectivity index (χ3n) is 5.02. The SMILES string of the molecule is C[C@@H](c1c[nH]c(=O)c2ccccc12)N(CCNCC(F)F)C(=O)Nc1ccc(F)c(Cl)c1. The van der Waals surface area contributed by atoms with Crippen molar-refractivity contribution in [2.75, 3.05) is 25.0 Å². The van der Waals surface area contributed by atoms with E-state index >= 15 is 0 Å². The van der Waals surface area contributed by atoms with E-state index in [2.05, 4.69) is 15.6 Å². The minimum Gasteiger partial charge on any atom is -0.328 e. The molecular formula is C22H22ClF3N4O2. The molecule has 0 saturated heterocycles. The summed E-state index contributed by atoms with van der Waals surface area (Å²) in [6, 6.07) is 9.70. The van der Waals surface area contributed by atoms with Crippen LogP contribution in [0.4, 0.5) is 23.7 Å². The first-order valence-corrected chi connectivity index (χ1v) is 10.3. The summed E-state index contributed by atoms with van der Waals surface area (Å²) in [7, 11) is 0. The van der Waals surface area contributed by atoms with Crippen LogP contribution >= 0.6 is 11.6 Å². The van der Waals surface area contributed by atoms with Gasteiger partial charge in [-0.25, -0.2) is 18.0 Å². The number of aromatic amines is 1. The number of nitrogens with zero attached hydrogens (tertiary/aromatic N) is 1. The number of rotatable bonds is 8. The molecule has 0 fully saturated rings. The van der Waals surface area contributed by atoms with E-state index in [1.807, 2.05) is 0 Å². The second-order valence-electron chi connectivity index (χ2n) is 7.14. The van der Waals surface area contributed by atoms with Crippen molar-refractivity contribution in [3.05, 3.63) is 75.4 Å². The number of carbonyl (C=O) groups excluding carboxylic acids is 1. The summed E-state index contributed by atoms with van der Waals surface area (Å²) in [6.07, 6.45) is -0.976. The third kappa shape index (κ3) is 5.60. The quantitative estimate of drug-likeness (QED) is 0.418. The maximum Gasteiger partial charge on any atom is 0.322 e. The highest BCUT2D eigenvalue weighted by Crippen LogP contribution is 2.27. The van der Waals surface area contributed by atoms with Crippen molar-refractivity contribution in [3.8, 4) is 0 Å². The number of carbonyl (C=O) groups is 1. The molecule has 1 atom stereocenters. The zero-order valence-electron chi connectivity index (χ0n) is 17.2. The Kier molecular flexibility index (Phi) is 7.76. The van der Waals surface area contributed by atoms with E-state index in [0.717, 1.165) is 6.07 Å². The van der Waals surface area contributed by atoms with Crippen LogP contribution in [-0.2, 0) is 0 Å². The molecule has 2 aromatic carbocycles. The minimum atomic E-state index is -2.51. The third-order valence-corrected chi connectivity index (χ3v) is 5.31. The first-order valence-electron chi connectivity index (χ1n) is 9.89. The van der Waals surface area contributed by atoms with Crippen molar-refractivity contribution in [2.45, 2.75) is 19.4 Å². The fourth-order valence-corrected chi connectivity index (χ4v) is 3.58. The number of aromatic nitrogens is 1. The van der Waals surface area contributed by atoms with Crippen molar-refractivity contribution in [2.24, 2.45) is 0 Å². The van der Waals surface area contributed by atoms with Gasteiger partial charge in [0, 0.05) is 30.4 Å². The van der Waals surface area contributed by atoms with E-state index in [-0.39, 0.29) is 29.4 Å². The summed E-state index contributed by atoms with van der Waals surface area (Å²) >= 11 is 5.79. The fourth-order valence-electron chi connectivity index (χ4n) is 3.40. The molecule has 6 nitrogen and oxygen atoms in total. The largest absolute Gasteiger partial charge is 0.328 e. The Morgan fingerprint density at radius 1 is 1.19 bits per heavy atom. The number of H-pyrrole nitrogens is 1. The Morgan fingerprint density at radius 2 is 1.91 bits per heavy atom. The summed E-state index contributed by atoms with van der Waals surface area (Å²) in [5.74, 6) is -0.620. The number of urea groups is 1. The van der Waals surface area contributed by atoms with Crippen molar-refractivity contribution in [1.82, 2.24) is 15.2 Å². The Labute approximate surface area is 187 Å². The molecule has 10 heteroatoms. The molecule has 1 heterocycles. The number of pyridine rings is 1. The summed E-state index contributed by atoms with van der Waals surface area (Å²) in [5, 5.41) is 6.26. The van der Waals surface area contributed by atoms with Crippen LogP contribution in [0.15, 0.2) is 53.5 Å². The average Bonchev–Trinajstić information content (AvgIpc) is 2.76. The van der Waals surface area contributed by atoms with Gasteiger partial charge in [0.25, 0.3) is 12.0 Å². The molecule has 3 rings (SSSR count). The van der Waals surface area contributed by atoms with Crippen LogP contribution < -0.4 is 16.2 Å². The summed E-state index contributed by atoms with van der Waals surface area (Å²) in [6.45, 7) is 1.49. The number of fused-ring (bicyclic) bond motifs is 1. The predicted molar refractivity (Wildman–Crippen MR) is 119 cm³/mol. The maximum atomic E-state index is 13.4. The van der Waals surface area contributed by atoms with Gasteiger partial charge in [-0.05, 0) is 42.1 Å². The molecule has 170 valence electrons. The molecule has 0 radical (unpaired) electrons.